The minimum absolute atomic E-state index is 0.209. The number of nitrogens with one attached hydrogen (secondary N) is 1. The zero-order valence-electron chi connectivity index (χ0n) is 16.6. The van der Waals surface area contributed by atoms with Gasteiger partial charge >= 0.3 is 5.91 Å². The Hall–Kier alpha value is -2.90. The average molecular weight is 542 g/mol. The first-order chi connectivity index (χ1) is 15.0. The van der Waals surface area contributed by atoms with Crippen molar-refractivity contribution < 1.29 is 13.9 Å². The molecular formula is C24H18Br2N2O3. The number of hydrogen-bond donors (Lipinski definition) is 1. The number of hydrazone groups is 1. The number of carbonyl (C=O) groups is 1. The van der Waals surface area contributed by atoms with Crippen LogP contribution in [0.1, 0.15) is 27.2 Å². The fourth-order valence-corrected chi connectivity index (χ4v) is 4.51. The van der Waals surface area contributed by atoms with E-state index in [0.29, 0.717) is 17.9 Å². The van der Waals surface area contributed by atoms with Gasteiger partial charge in [0, 0.05) is 5.39 Å². The lowest BCUT2D eigenvalue weighted by Crippen LogP contribution is -2.16. The highest BCUT2D eigenvalue weighted by atomic mass is 79.9. The molecule has 0 aliphatic heterocycles. The summed E-state index contributed by atoms with van der Waals surface area (Å²) >= 11 is 7.09. The van der Waals surface area contributed by atoms with Crippen LogP contribution in [0, 0.1) is 6.92 Å². The third-order valence-electron chi connectivity index (χ3n) is 4.52. The first-order valence-corrected chi connectivity index (χ1v) is 11.1. The van der Waals surface area contributed by atoms with Gasteiger partial charge in [0.2, 0.25) is 0 Å². The topological polar surface area (TPSA) is 63.8 Å². The number of halogens is 2. The number of furan rings is 1. The van der Waals surface area contributed by atoms with Crippen LogP contribution >= 0.6 is 31.9 Å². The molecule has 0 fully saturated rings. The van der Waals surface area contributed by atoms with Gasteiger partial charge in [0.05, 0.1) is 15.2 Å². The van der Waals surface area contributed by atoms with Gasteiger partial charge in [0.25, 0.3) is 0 Å². The van der Waals surface area contributed by atoms with E-state index in [2.05, 4.69) is 61.4 Å². The van der Waals surface area contributed by atoms with Gasteiger partial charge in [-0.05, 0) is 74.2 Å². The molecule has 1 aromatic heterocycles. The van der Waals surface area contributed by atoms with E-state index >= 15 is 0 Å². The summed E-state index contributed by atoms with van der Waals surface area (Å²) < 4.78 is 13.1. The Morgan fingerprint density at radius 1 is 1.06 bits per heavy atom. The molecule has 4 rings (SSSR count). The number of hydrogen-bond acceptors (Lipinski definition) is 4. The van der Waals surface area contributed by atoms with Crippen LogP contribution in [0.25, 0.3) is 11.0 Å². The molecule has 5 nitrogen and oxygen atoms in total. The Morgan fingerprint density at radius 2 is 1.84 bits per heavy atom. The van der Waals surface area contributed by atoms with Crippen molar-refractivity contribution in [2.75, 3.05) is 0 Å². The maximum absolute atomic E-state index is 12.3. The van der Waals surface area contributed by atoms with Crippen LogP contribution in [0.4, 0.5) is 0 Å². The van der Waals surface area contributed by atoms with Crippen molar-refractivity contribution in [2.24, 2.45) is 5.10 Å². The predicted molar refractivity (Wildman–Crippen MR) is 129 cm³/mol. The fourth-order valence-electron chi connectivity index (χ4n) is 3.06. The molecule has 1 N–H and O–H groups in total. The summed E-state index contributed by atoms with van der Waals surface area (Å²) in [7, 11) is 0. The summed E-state index contributed by atoms with van der Waals surface area (Å²) in [5, 5.41) is 4.90. The molecule has 1 amide bonds. The van der Waals surface area contributed by atoms with Crippen LogP contribution in [0.5, 0.6) is 5.75 Å². The van der Waals surface area contributed by atoms with E-state index in [-0.39, 0.29) is 5.76 Å². The summed E-state index contributed by atoms with van der Waals surface area (Å²) in [6.45, 7) is 2.51. The molecule has 31 heavy (non-hydrogen) atoms. The largest absolute Gasteiger partial charge is 0.487 e. The highest BCUT2D eigenvalue weighted by Crippen LogP contribution is 2.35. The van der Waals surface area contributed by atoms with Gasteiger partial charge in [0.1, 0.15) is 17.9 Å². The normalized spacial score (nSPS) is 11.2. The van der Waals surface area contributed by atoms with Crippen LogP contribution in [0.3, 0.4) is 0 Å². The second-order valence-corrected chi connectivity index (χ2v) is 8.65. The molecule has 0 saturated carbocycles. The van der Waals surface area contributed by atoms with Gasteiger partial charge in [-0.2, -0.15) is 5.10 Å². The van der Waals surface area contributed by atoms with E-state index < -0.39 is 5.91 Å². The first kappa shape index (κ1) is 21.3. The lowest BCUT2D eigenvalue weighted by Gasteiger charge is -2.11. The predicted octanol–water partition coefficient (Wildman–Crippen LogP) is 6.61. The molecule has 156 valence electrons. The van der Waals surface area contributed by atoms with E-state index in [9.17, 15) is 4.79 Å². The quantitative estimate of drug-likeness (QED) is 0.221. The lowest BCUT2D eigenvalue weighted by molar-refractivity contribution is 0.0929. The molecule has 0 saturated heterocycles. The van der Waals surface area contributed by atoms with E-state index in [1.54, 1.807) is 12.3 Å². The third kappa shape index (κ3) is 5.24. The van der Waals surface area contributed by atoms with Crippen LogP contribution in [-0.4, -0.2) is 12.1 Å². The smallest absolute Gasteiger partial charge is 0.307 e. The van der Waals surface area contributed by atoms with Gasteiger partial charge in [-0.1, -0.05) is 48.0 Å². The first-order valence-electron chi connectivity index (χ1n) is 9.49. The van der Waals surface area contributed by atoms with Crippen molar-refractivity contribution in [1.82, 2.24) is 5.43 Å². The minimum atomic E-state index is -0.413. The summed E-state index contributed by atoms with van der Waals surface area (Å²) in [6.07, 6.45) is 1.56. The number of nitrogens with zero attached hydrogens (tertiary/aromatic N) is 1. The Morgan fingerprint density at radius 3 is 2.58 bits per heavy atom. The molecule has 0 aliphatic rings. The summed E-state index contributed by atoms with van der Waals surface area (Å²) in [5.74, 6) is 0.495. The third-order valence-corrected chi connectivity index (χ3v) is 5.69. The summed E-state index contributed by atoms with van der Waals surface area (Å²) in [6, 6.07) is 21.1. The number of para-hydroxylation sites is 1. The number of benzene rings is 3. The number of rotatable bonds is 6. The molecular weight excluding hydrogens is 524 g/mol. The number of ether oxygens (including phenoxy) is 1. The second-order valence-electron chi connectivity index (χ2n) is 6.94. The van der Waals surface area contributed by atoms with Crippen molar-refractivity contribution >= 4 is 55.0 Å². The van der Waals surface area contributed by atoms with Gasteiger partial charge in [-0.25, -0.2) is 5.43 Å². The van der Waals surface area contributed by atoms with Crippen molar-refractivity contribution in [2.45, 2.75) is 13.5 Å². The molecule has 3 aromatic carbocycles. The van der Waals surface area contributed by atoms with Crippen molar-refractivity contribution in [3.63, 3.8) is 0 Å². The molecule has 0 atom stereocenters. The summed E-state index contributed by atoms with van der Waals surface area (Å²) in [5.41, 5.74) is 6.22. The molecule has 7 heteroatoms. The zero-order chi connectivity index (χ0) is 21.8. The van der Waals surface area contributed by atoms with Crippen LogP contribution in [0.15, 0.2) is 85.2 Å². The van der Waals surface area contributed by atoms with E-state index in [1.807, 2.05) is 48.5 Å². The van der Waals surface area contributed by atoms with Crippen LogP contribution in [-0.2, 0) is 6.61 Å². The van der Waals surface area contributed by atoms with E-state index in [4.69, 9.17) is 9.15 Å². The molecule has 4 aromatic rings. The monoisotopic (exact) mass is 540 g/mol. The van der Waals surface area contributed by atoms with Crippen molar-refractivity contribution in [1.29, 1.82) is 0 Å². The number of fused-ring (bicyclic) bond motifs is 1. The number of carbonyl (C=O) groups excluding carboxylic acids is 1. The molecule has 0 unspecified atom stereocenters. The second kappa shape index (κ2) is 9.49. The van der Waals surface area contributed by atoms with E-state index in [1.165, 1.54) is 5.56 Å². The highest BCUT2D eigenvalue weighted by molar-refractivity contribution is 9.11. The number of aryl methyl sites for hydroxylation is 1. The fraction of sp³-hybridized carbons (Fsp3) is 0.0833. The van der Waals surface area contributed by atoms with Gasteiger partial charge < -0.3 is 9.15 Å². The number of amides is 1. The van der Waals surface area contributed by atoms with E-state index in [0.717, 1.165) is 25.5 Å². The van der Waals surface area contributed by atoms with Gasteiger partial charge in [-0.3, -0.25) is 4.79 Å². The molecule has 0 aliphatic carbocycles. The molecule has 0 bridgehead atoms. The summed E-state index contributed by atoms with van der Waals surface area (Å²) in [4.78, 5) is 12.3. The Labute approximate surface area is 196 Å². The molecule has 0 spiro atoms. The van der Waals surface area contributed by atoms with Gasteiger partial charge in [0.15, 0.2) is 5.76 Å². The lowest BCUT2D eigenvalue weighted by atomic mass is 10.1. The Bertz CT molecular complexity index is 1220. The van der Waals surface area contributed by atoms with Crippen LogP contribution in [0.2, 0.25) is 0 Å². The molecule has 1 heterocycles. The maximum atomic E-state index is 12.3. The maximum Gasteiger partial charge on any atom is 0.307 e. The standard InChI is InChI=1S/C24H18Br2N2O3/c1-15-5-4-6-16(9-15)14-30-23-19(25)10-17(11-20(23)26)13-27-28-24(29)22-12-18-7-2-3-8-21(18)31-22/h2-13H,14H2,1H3,(H,28,29)/b27-13+. The minimum Gasteiger partial charge on any atom is -0.487 e. The Kier molecular flexibility index (Phi) is 6.53. The zero-order valence-corrected chi connectivity index (χ0v) is 19.7. The van der Waals surface area contributed by atoms with Crippen molar-refractivity contribution in [3.05, 3.63) is 98.1 Å². The average Bonchev–Trinajstić information content (AvgIpc) is 3.18. The van der Waals surface area contributed by atoms with Crippen LogP contribution < -0.4 is 10.2 Å². The van der Waals surface area contributed by atoms with Gasteiger partial charge in [-0.15, -0.1) is 0 Å². The molecule has 0 radical (unpaired) electrons. The van der Waals surface area contributed by atoms with Crippen molar-refractivity contribution in [3.8, 4) is 5.75 Å². The highest BCUT2D eigenvalue weighted by Gasteiger charge is 2.12. The Balaban J connectivity index is 1.41. The SMILES string of the molecule is Cc1cccc(COc2c(Br)cc(/C=N/NC(=O)c3cc4ccccc4o3)cc2Br)c1.